The molecule has 2 unspecified atom stereocenters. The third-order valence-electron chi connectivity index (χ3n) is 10.0. The molecule has 2 saturated heterocycles. The van der Waals surface area contributed by atoms with Crippen molar-refractivity contribution in [2.45, 2.75) is 117 Å². The summed E-state index contributed by atoms with van der Waals surface area (Å²) in [4.78, 5) is 81.5. The summed E-state index contributed by atoms with van der Waals surface area (Å²) in [6, 6.07) is -3.70. The van der Waals surface area contributed by atoms with Gasteiger partial charge in [0.2, 0.25) is 17.6 Å². The molecule has 0 radical (unpaired) electrons. The fourth-order valence-electron chi connectivity index (χ4n) is 7.14. The van der Waals surface area contributed by atoms with Crippen molar-refractivity contribution in [1.29, 1.82) is 0 Å². The molecule has 6 amide bonds. The van der Waals surface area contributed by atoms with Crippen molar-refractivity contribution < 1.29 is 33.5 Å². The van der Waals surface area contributed by atoms with E-state index in [0.29, 0.717) is 38.8 Å². The number of fused-ring (bicyclic) bond motifs is 1. The average molecular weight is 633 g/mol. The molecule has 0 aromatic rings. The number of carbonyl (C=O) groups is 6. The van der Waals surface area contributed by atoms with Crippen molar-refractivity contribution in [2.75, 3.05) is 19.6 Å². The van der Waals surface area contributed by atoms with E-state index in [1.807, 2.05) is 20.8 Å². The van der Waals surface area contributed by atoms with Gasteiger partial charge in [-0.3, -0.25) is 19.2 Å². The summed E-state index contributed by atoms with van der Waals surface area (Å²) in [5.41, 5.74) is 3.79. The maximum atomic E-state index is 14.2. The van der Waals surface area contributed by atoms with Gasteiger partial charge in [0.25, 0.3) is 5.91 Å². The molecule has 4 rings (SSSR count). The van der Waals surface area contributed by atoms with Crippen LogP contribution in [0.1, 0.15) is 87.5 Å². The van der Waals surface area contributed by atoms with E-state index in [1.165, 1.54) is 4.90 Å². The molecule has 0 aromatic carbocycles. The van der Waals surface area contributed by atoms with Crippen molar-refractivity contribution in [1.82, 2.24) is 25.8 Å². The Morgan fingerprint density at radius 2 is 1.56 bits per heavy atom. The Kier molecular flexibility index (Phi) is 9.53. The number of urea groups is 1. The number of likely N-dealkylation sites (tertiary alicyclic amines) is 2. The molecule has 4 fully saturated rings. The quantitative estimate of drug-likeness (QED) is 0.295. The molecule has 0 spiro atoms. The first kappa shape index (κ1) is 34.5. The number of hydrogen-bond acceptors (Lipinski definition) is 7. The molecule has 5 N–H and O–H groups in total. The van der Waals surface area contributed by atoms with Gasteiger partial charge >= 0.3 is 12.1 Å². The molecule has 2 heterocycles. The number of piperidine rings is 2. The van der Waals surface area contributed by atoms with Crippen LogP contribution in [-0.2, 0) is 23.9 Å². The van der Waals surface area contributed by atoms with Crippen molar-refractivity contribution in [3.8, 4) is 0 Å². The SMILES string of the molecule is CC(C)(C)OC(=O)N1CCCC(NC(=O)N[C@H](C(=O)N2C[C@H]3[C@@H]([C@H]2C(=O)NC(C(=O)C(N)=O)C2CCC2)C3(C)C)C(C)(C)C)C1. The topological polar surface area (TPSA) is 180 Å². The molecule has 13 nitrogen and oxygen atoms in total. The highest BCUT2D eigenvalue weighted by atomic mass is 16.6. The summed E-state index contributed by atoms with van der Waals surface area (Å²) in [7, 11) is 0. The number of hydrogen-bond donors (Lipinski definition) is 4. The number of rotatable bonds is 8. The van der Waals surface area contributed by atoms with Gasteiger partial charge in [-0.15, -0.1) is 0 Å². The van der Waals surface area contributed by atoms with E-state index >= 15 is 0 Å². The van der Waals surface area contributed by atoms with Gasteiger partial charge in [0, 0.05) is 25.7 Å². The highest BCUT2D eigenvalue weighted by Crippen LogP contribution is 2.65. The zero-order chi connectivity index (χ0) is 33.6. The number of primary amides is 1. The first-order valence-corrected chi connectivity index (χ1v) is 16.2. The molecule has 252 valence electrons. The van der Waals surface area contributed by atoms with Crippen LogP contribution in [0.15, 0.2) is 0 Å². The summed E-state index contributed by atoms with van der Waals surface area (Å²) < 4.78 is 5.49. The molecule has 45 heavy (non-hydrogen) atoms. The lowest BCUT2D eigenvalue weighted by atomic mass is 9.78. The van der Waals surface area contributed by atoms with E-state index < -0.39 is 58.9 Å². The van der Waals surface area contributed by atoms with Gasteiger partial charge in [-0.25, -0.2) is 9.59 Å². The zero-order valence-electron chi connectivity index (χ0n) is 28.0. The van der Waals surface area contributed by atoms with E-state index in [2.05, 4.69) is 29.8 Å². The number of carbonyl (C=O) groups excluding carboxylic acids is 6. The molecule has 2 saturated carbocycles. The predicted molar refractivity (Wildman–Crippen MR) is 165 cm³/mol. The summed E-state index contributed by atoms with van der Waals surface area (Å²) in [6.45, 7) is 16.2. The molecule has 6 atom stereocenters. The smallest absolute Gasteiger partial charge is 0.410 e. The first-order valence-electron chi connectivity index (χ1n) is 16.2. The highest BCUT2D eigenvalue weighted by molar-refractivity contribution is 6.38. The van der Waals surface area contributed by atoms with Gasteiger partial charge in [0.1, 0.15) is 23.7 Å². The largest absolute Gasteiger partial charge is 0.444 e. The Bertz CT molecular complexity index is 1220. The number of nitrogens with one attached hydrogen (secondary N) is 3. The van der Waals surface area contributed by atoms with E-state index in [1.54, 1.807) is 25.7 Å². The number of amides is 6. The van der Waals surface area contributed by atoms with E-state index in [0.717, 1.165) is 6.42 Å². The van der Waals surface area contributed by atoms with Crippen LogP contribution >= 0.6 is 0 Å². The minimum atomic E-state index is -1.09. The van der Waals surface area contributed by atoms with Crippen LogP contribution < -0.4 is 21.7 Å². The molecule has 13 heteroatoms. The third-order valence-corrected chi connectivity index (χ3v) is 10.0. The van der Waals surface area contributed by atoms with Gasteiger partial charge in [0.05, 0.1) is 0 Å². The maximum absolute atomic E-state index is 14.2. The van der Waals surface area contributed by atoms with Crippen LogP contribution in [0.25, 0.3) is 0 Å². The van der Waals surface area contributed by atoms with Crippen LogP contribution in [0, 0.1) is 28.6 Å². The van der Waals surface area contributed by atoms with Crippen molar-refractivity contribution >= 4 is 35.6 Å². The van der Waals surface area contributed by atoms with Crippen molar-refractivity contribution in [3.63, 3.8) is 0 Å². The molecular weight excluding hydrogens is 580 g/mol. The second kappa shape index (κ2) is 12.4. The van der Waals surface area contributed by atoms with Crippen LogP contribution in [0.5, 0.6) is 0 Å². The van der Waals surface area contributed by atoms with Gasteiger partial charge < -0.3 is 36.2 Å². The second-order valence-corrected chi connectivity index (χ2v) is 16.0. The summed E-state index contributed by atoms with van der Waals surface area (Å²) in [5.74, 6) is -2.98. The molecular formula is C32H52N6O7. The number of ketones is 1. The lowest BCUT2D eigenvalue weighted by Gasteiger charge is -2.39. The Labute approximate surface area is 266 Å². The standard InChI is InChI=1S/C32H52N6O7/c1-30(2,3)24(36-28(43)34-18-13-10-14-37(15-18)29(44)45-31(4,5)6)27(42)38-16-19-20(32(19,7)8)22(38)26(41)35-21(17-11-9-12-17)23(39)25(33)40/h17-22,24H,9-16H2,1-8H3,(H2,33,40)(H,35,41)(H2,34,36,43)/t18?,19-,20-,21?,22-,24+/m0/s1. The number of nitrogens with two attached hydrogens (primary N) is 1. The normalized spacial score (nSPS) is 27.3. The minimum absolute atomic E-state index is 0.0849. The monoisotopic (exact) mass is 632 g/mol. The molecule has 0 aromatic heterocycles. The molecule has 2 aliphatic carbocycles. The number of Topliss-reactive ketones (excluding diaryl/α,β-unsaturated/α-hetero) is 1. The van der Waals surface area contributed by atoms with Crippen LogP contribution in [0.2, 0.25) is 0 Å². The number of ether oxygens (including phenoxy) is 1. The fourth-order valence-corrected chi connectivity index (χ4v) is 7.14. The van der Waals surface area contributed by atoms with E-state index in [-0.39, 0.29) is 41.7 Å². The summed E-state index contributed by atoms with van der Waals surface area (Å²) in [6.07, 6.45) is 3.23. The van der Waals surface area contributed by atoms with Crippen LogP contribution in [0.4, 0.5) is 9.59 Å². The Morgan fingerprint density at radius 3 is 2.09 bits per heavy atom. The average Bonchev–Trinajstić information content (AvgIpc) is 3.20. The Balaban J connectivity index is 1.46. The predicted octanol–water partition coefficient (Wildman–Crippen LogP) is 1.92. The summed E-state index contributed by atoms with van der Waals surface area (Å²) in [5, 5.41) is 8.58. The first-order chi connectivity index (χ1) is 20.7. The lowest BCUT2D eigenvalue weighted by molar-refractivity contribution is -0.145. The van der Waals surface area contributed by atoms with Gasteiger partial charge in [-0.1, -0.05) is 41.0 Å². The van der Waals surface area contributed by atoms with Crippen LogP contribution in [-0.4, -0.2) is 94.8 Å². The molecule has 0 bridgehead atoms. The second-order valence-electron chi connectivity index (χ2n) is 16.0. The minimum Gasteiger partial charge on any atom is -0.444 e. The molecule has 2 aliphatic heterocycles. The van der Waals surface area contributed by atoms with E-state index in [4.69, 9.17) is 10.5 Å². The summed E-state index contributed by atoms with van der Waals surface area (Å²) >= 11 is 0. The van der Waals surface area contributed by atoms with Crippen molar-refractivity contribution in [2.24, 2.45) is 34.3 Å². The van der Waals surface area contributed by atoms with Gasteiger partial charge in [-0.2, -0.15) is 0 Å². The number of nitrogens with zero attached hydrogens (tertiary/aromatic N) is 2. The highest BCUT2D eigenvalue weighted by Gasteiger charge is 2.70. The lowest BCUT2D eigenvalue weighted by Crippen LogP contribution is -2.63. The van der Waals surface area contributed by atoms with E-state index in [9.17, 15) is 28.8 Å². The third kappa shape index (κ3) is 7.54. The van der Waals surface area contributed by atoms with Gasteiger partial charge in [0.15, 0.2) is 0 Å². The van der Waals surface area contributed by atoms with Gasteiger partial charge in [-0.05, 0) is 75.0 Å². The molecule has 4 aliphatic rings. The Morgan fingerprint density at radius 1 is 0.911 bits per heavy atom. The maximum Gasteiger partial charge on any atom is 0.410 e. The van der Waals surface area contributed by atoms with Crippen LogP contribution in [0.3, 0.4) is 0 Å². The Hall–Kier alpha value is -3.38. The van der Waals surface area contributed by atoms with Crippen molar-refractivity contribution in [3.05, 3.63) is 0 Å². The fraction of sp³-hybridized carbons (Fsp3) is 0.812. The zero-order valence-corrected chi connectivity index (χ0v) is 28.0.